The number of hydrogen-bond acceptors (Lipinski definition) is 4. The second-order valence-corrected chi connectivity index (χ2v) is 5.40. The zero-order chi connectivity index (χ0) is 14.7. The Labute approximate surface area is 123 Å². The van der Waals surface area contributed by atoms with Gasteiger partial charge in [0.1, 0.15) is 6.10 Å². The molecule has 1 atom stereocenters. The smallest absolute Gasteiger partial charge is 0.242 e. The van der Waals surface area contributed by atoms with Gasteiger partial charge in [0.05, 0.1) is 19.7 Å². The highest BCUT2D eigenvalue weighted by Gasteiger charge is 2.29. The Morgan fingerprint density at radius 2 is 2.14 bits per heavy atom. The van der Waals surface area contributed by atoms with E-state index in [2.05, 4.69) is 4.98 Å². The predicted molar refractivity (Wildman–Crippen MR) is 75.3 cm³/mol. The minimum atomic E-state index is -0.111. The molecule has 0 bridgehead atoms. The normalized spacial score (nSPS) is 22.7. The van der Waals surface area contributed by atoms with Crippen molar-refractivity contribution in [1.29, 1.82) is 0 Å². The van der Waals surface area contributed by atoms with Crippen LogP contribution >= 0.6 is 0 Å². The van der Waals surface area contributed by atoms with Crippen LogP contribution in [0.2, 0.25) is 0 Å². The van der Waals surface area contributed by atoms with Crippen LogP contribution in [-0.4, -0.2) is 59.4 Å². The fraction of sp³-hybridized carbons (Fsp3) is 0.533. The SMILES string of the molecule is O=C1CCCN1CC(=O)N1CCOC(c2ccncc2)C1. The van der Waals surface area contributed by atoms with E-state index in [9.17, 15) is 9.59 Å². The summed E-state index contributed by atoms with van der Waals surface area (Å²) in [4.78, 5) is 31.4. The van der Waals surface area contributed by atoms with Crippen LogP contribution in [0.25, 0.3) is 0 Å². The Kier molecular flexibility index (Phi) is 4.15. The quantitative estimate of drug-likeness (QED) is 0.817. The lowest BCUT2D eigenvalue weighted by atomic mass is 10.1. The molecule has 0 spiro atoms. The molecule has 2 aliphatic rings. The number of amides is 2. The molecular formula is C15H19N3O3. The van der Waals surface area contributed by atoms with Crippen LogP contribution in [0.3, 0.4) is 0 Å². The number of likely N-dealkylation sites (tertiary alicyclic amines) is 1. The Morgan fingerprint density at radius 3 is 2.86 bits per heavy atom. The maximum Gasteiger partial charge on any atom is 0.242 e. The van der Waals surface area contributed by atoms with E-state index in [0.717, 1.165) is 12.0 Å². The van der Waals surface area contributed by atoms with E-state index in [-0.39, 0.29) is 24.5 Å². The van der Waals surface area contributed by atoms with Crippen molar-refractivity contribution in [3.8, 4) is 0 Å². The van der Waals surface area contributed by atoms with Crippen LogP contribution < -0.4 is 0 Å². The first kappa shape index (κ1) is 14.0. The number of hydrogen-bond donors (Lipinski definition) is 0. The molecule has 2 fully saturated rings. The molecule has 2 aliphatic heterocycles. The number of aromatic nitrogens is 1. The summed E-state index contributed by atoms with van der Waals surface area (Å²) >= 11 is 0. The minimum Gasteiger partial charge on any atom is -0.370 e. The Hall–Kier alpha value is -1.95. The van der Waals surface area contributed by atoms with Crippen molar-refractivity contribution in [3.63, 3.8) is 0 Å². The number of carbonyl (C=O) groups excluding carboxylic acids is 2. The molecule has 112 valence electrons. The molecule has 6 heteroatoms. The molecule has 0 radical (unpaired) electrons. The van der Waals surface area contributed by atoms with E-state index in [1.165, 1.54) is 0 Å². The summed E-state index contributed by atoms with van der Waals surface area (Å²) in [6.45, 7) is 2.53. The van der Waals surface area contributed by atoms with Crippen LogP contribution in [-0.2, 0) is 14.3 Å². The third kappa shape index (κ3) is 3.21. The number of carbonyl (C=O) groups is 2. The van der Waals surface area contributed by atoms with E-state index >= 15 is 0 Å². The standard InChI is InChI=1S/C15H19N3O3/c19-14-2-1-7-17(14)11-15(20)18-8-9-21-13(10-18)12-3-5-16-6-4-12/h3-6,13H,1-2,7-11H2. The topological polar surface area (TPSA) is 62.7 Å². The fourth-order valence-corrected chi connectivity index (χ4v) is 2.79. The van der Waals surface area contributed by atoms with Crippen molar-refractivity contribution in [2.75, 3.05) is 32.8 Å². The lowest BCUT2D eigenvalue weighted by molar-refractivity contribution is -0.143. The molecule has 1 aromatic heterocycles. The largest absolute Gasteiger partial charge is 0.370 e. The van der Waals surface area contributed by atoms with E-state index < -0.39 is 0 Å². The second kappa shape index (κ2) is 6.22. The monoisotopic (exact) mass is 289 g/mol. The van der Waals surface area contributed by atoms with Gasteiger partial charge in [0.2, 0.25) is 11.8 Å². The first-order valence-corrected chi connectivity index (χ1v) is 7.31. The molecule has 0 saturated carbocycles. The van der Waals surface area contributed by atoms with Crippen molar-refractivity contribution in [1.82, 2.24) is 14.8 Å². The molecule has 2 amide bonds. The summed E-state index contributed by atoms with van der Waals surface area (Å²) in [5.74, 6) is 0.0925. The van der Waals surface area contributed by atoms with Crippen LogP contribution in [0.15, 0.2) is 24.5 Å². The average Bonchev–Trinajstić information content (AvgIpc) is 2.93. The average molecular weight is 289 g/mol. The van der Waals surface area contributed by atoms with E-state index in [1.807, 2.05) is 12.1 Å². The Bertz CT molecular complexity index is 520. The predicted octanol–water partition coefficient (Wildman–Crippen LogP) is 0.604. The highest BCUT2D eigenvalue weighted by atomic mass is 16.5. The lowest BCUT2D eigenvalue weighted by Crippen LogP contribution is -2.46. The summed E-state index contributed by atoms with van der Waals surface area (Å²) < 4.78 is 5.73. The van der Waals surface area contributed by atoms with Crippen molar-refractivity contribution in [2.45, 2.75) is 18.9 Å². The number of nitrogens with zero attached hydrogens (tertiary/aromatic N) is 3. The molecule has 1 unspecified atom stereocenters. The molecule has 3 heterocycles. The van der Waals surface area contributed by atoms with Gasteiger partial charge in [-0.2, -0.15) is 0 Å². The van der Waals surface area contributed by atoms with Crippen LogP contribution in [0, 0.1) is 0 Å². The zero-order valence-electron chi connectivity index (χ0n) is 11.9. The van der Waals surface area contributed by atoms with Crippen molar-refractivity contribution in [3.05, 3.63) is 30.1 Å². The number of rotatable bonds is 3. The summed E-state index contributed by atoms with van der Waals surface area (Å²) in [6, 6.07) is 3.81. The molecular weight excluding hydrogens is 270 g/mol. The first-order chi connectivity index (χ1) is 10.2. The van der Waals surface area contributed by atoms with E-state index in [4.69, 9.17) is 4.74 Å². The van der Waals surface area contributed by atoms with Crippen LogP contribution in [0.5, 0.6) is 0 Å². The molecule has 2 saturated heterocycles. The van der Waals surface area contributed by atoms with Gasteiger partial charge < -0.3 is 14.5 Å². The Balaban J connectivity index is 1.60. The molecule has 1 aromatic rings. The third-order valence-corrected chi connectivity index (χ3v) is 3.99. The summed E-state index contributed by atoms with van der Waals surface area (Å²) in [7, 11) is 0. The molecule has 3 rings (SSSR count). The van der Waals surface area contributed by atoms with E-state index in [0.29, 0.717) is 32.7 Å². The van der Waals surface area contributed by atoms with Gasteiger partial charge in [-0.05, 0) is 24.1 Å². The molecule has 6 nitrogen and oxygen atoms in total. The summed E-state index contributed by atoms with van der Waals surface area (Å²) in [5, 5.41) is 0. The van der Waals surface area contributed by atoms with Crippen molar-refractivity contribution in [2.24, 2.45) is 0 Å². The van der Waals surface area contributed by atoms with Gasteiger partial charge in [-0.25, -0.2) is 0 Å². The molecule has 0 aromatic carbocycles. The zero-order valence-corrected chi connectivity index (χ0v) is 11.9. The Morgan fingerprint density at radius 1 is 1.33 bits per heavy atom. The van der Waals surface area contributed by atoms with Crippen molar-refractivity contribution < 1.29 is 14.3 Å². The van der Waals surface area contributed by atoms with Gasteiger partial charge in [0.25, 0.3) is 0 Å². The second-order valence-electron chi connectivity index (χ2n) is 5.40. The highest BCUT2D eigenvalue weighted by Crippen LogP contribution is 2.22. The van der Waals surface area contributed by atoms with Gasteiger partial charge in [0.15, 0.2) is 0 Å². The number of morpholine rings is 1. The van der Waals surface area contributed by atoms with Gasteiger partial charge in [-0.3, -0.25) is 14.6 Å². The lowest BCUT2D eigenvalue weighted by Gasteiger charge is -2.34. The maximum absolute atomic E-state index is 12.3. The van der Waals surface area contributed by atoms with Gasteiger partial charge in [-0.15, -0.1) is 0 Å². The van der Waals surface area contributed by atoms with Gasteiger partial charge in [-0.1, -0.05) is 0 Å². The van der Waals surface area contributed by atoms with Crippen molar-refractivity contribution >= 4 is 11.8 Å². The number of ether oxygens (including phenoxy) is 1. The van der Waals surface area contributed by atoms with Gasteiger partial charge in [0, 0.05) is 31.9 Å². The molecule has 21 heavy (non-hydrogen) atoms. The maximum atomic E-state index is 12.3. The fourth-order valence-electron chi connectivity index (χ4n) is 2.79. The molecule has 0 N–H and O–H groups in total. The van der Waals surface area contributed by atoms with E-state index in [1.54, 1.807) is 22.2 Å². The number of pyridine rings is 1. The summed E-state index contributed by atoms with van der Waals surface area (Å²) in [5.41, 5.74) is 1.03. The van der Waals surface area contributed by atoms with Crippen LogP contribution in [0.4, 0.5) is 0 Å². The summed E-state index contributed by atoms with van der Waals surface area (Å²) in [6.07, 6.45) is 4.76. The third-order valence-electron chi connectivity index (χ3n) is 3.99. The highest BCUT2D eigenvalue weighted by molar-refractivity contribution is 5.85. The van der Waals surface area contributed by atoms with Gasteiger partial charge >= 0.3 is 0 Å². The molecule has 0 aliphatic carbocycles. The van der Waals surface area contributed by atoms with Crippen LogP contribution in [0.1, 0.15) is 24.5 Å². The first-order valence-electron chi connectivity index (χ1n) is 7.31. The minimum absolute atomic E-state index is 0.00704.